The number of aromatic nitrogens is 1. The van der Waals surface area contributed by atoms with Gasteiger partial charge in [0.2, 0.25) is 11.0 Å². The van der Waals surface area contributed by atoms with Gasteiger partial charge in [-0.3, -0.25) is 0 Å². The molecule has 0 bridgehead atoms. The SMILES string of the molecule is C.CN(C)c1ccc2cc3ccc(N(C)C)cc3[n+](CCC[N+](C)(C)C)c2c1. The first-order chi connectivity index (χ1) is 12.7. The molecule has 3 aromatic rings. The Labute approximate surface area is 171 Å². The van der Waals surface area contributed by atoms with Crippen LogP contribution in [0.15, 0.2) is 42.5 Å². The van der Waals surface area contributed by atoms with Crippen LogP contribution in [0.4, 0.5) is 11.4 Å². The Morgan fingerprint density at radius 2 is 1.21 bits per heavy atom. The number of anilines is 2. The Balaban J connectivity index is 0.00000280. The molecule has 1 heterocycles. The maximum Gasteiger partial charge on any atom is 0.215 e. The van der Waals surface area contributed by atoms with Crippen molar-refractivity contribution < 1.29 is 9.05 Å². The van der Waals surface area contributed by atoms with E-state index in [1.807, 2.05) is 0 Å². The highest BCUT2D eigenvalue weighted by atomic mass is 15.3. The van der Waals surface area contributed by atoms with Crippen molar-refractivity contribution in [2.45, 2.75) is 20.4 Å². The van der Waals surface area contributed by atoms with Gasteiger partial charge in [0.1, 0.15) is 0 Å². The molecule has 0 unspecified atom stereocenters. The largest absolute Gasteiger partial charge is 0.377 e. The number of pyridine rings is 1. The third-order valence-electron chi connectivity index (χ3n) is 5.16. The van der Waals surface area contributed by atoms with Crippen molar-refractivity contribution in [1.29, 1.82) is 0 Å². The van der Waals surface area contributed by atoms with Gasteiger partial charge < -0.3 is 14.3 Å². The molecule has 3 rings (SSSR count). The second kappa shape index (κ2) is 8.36. The highest BCUT2D eigenvalue weighted by molar-refractivity contribution is 5.91. The minimum Gasteiger partial charge on any atom is -0.377 e. The second-order valence-corrected chi connectivity index (χ2v) is 8.94. The molecule has 0 fully saturated rings. The molecule has 4 heteroatoms. The minimum atomic E-state index is 0. The first-order valence-corrected chi connectivity index (χ1v) is 9.71. The molecule has 2 aromatic carbocycles. The molecule has 0 aliphatic rings. The molecule has 152 valence electrons. The van der Waals surface area contributed by atoms with Gasteiger partial charge in [0, 0.05) is 62.5 Å². The van der Waals surface area contributed by atoms with Crippen LogP contribution in [0.3, 0.4) is 0 Å². The Morgan fingerprint density at radius 3 is 1.61 bits per heavy atom. The van der Waals surface area contributed by atoms with E-state index in [0.29, 0.717) is 0 Å². The number of aryl methyl sites for hydroxylation is 1. The van der Waals surface area contributed by atoms with Crippen LogP contribution < -0.4 is 14.4 Å². The van der Waals surface area contributed by atoms with Gasteiger partial charge in [0.15, 0.2) is 6.54 Å². The van der Waals surface area contributed by atoms with E-state index in [-0.39, 0.29) is 7.43 Å². The van der Waals surface area contributed by atoms with Gasteiger partial charge in [-0.05, 0) is 30.3 Å². The zero-order chi connectivity index (χ0) is 19.8. The van der Waals surface area contributed by atoms with Crippen molar-refractivity contribution in [1.82, 2.24) is 0 Å². The van der Waals surface area contributed by atoms with E-state index in [1.54, 1.807) is 0 Å². The molecule has 0 atom stereocenters. The number of fused-ring (bicyclic) bond motifs is 2. The van der Waals surface area contributed by atoms with Gasteiger partial charge in [-0.25, -0.2) is 0 Å². The van der Waals surface area contributed by atoms with E-state index < -0.39 is 0 Å². The molecule has 4 nitrogen and oxygen atoms in total. The average Bonchev–Trinajstić information content (AvgIpc) is 2.59. The molecule has 0 N–H and O–H groups in total. The molecule has 0 saturated heterocycles. The third kappa shape index (κ3) is 4.74. The number of rotatable bonds is 6. The quantitative estimate of drug-likeness (QED) is 0.360. The van der Waals surface area contributed by atoms with Gasteiger partial charge in [-0.15, -0.1) is 0 Å². The standard InChI is InChI=1S/C23H34N4.CH4/c1-24(2)20-11-9-18-15-19-10-12-21(25(3)4)17-23(19)26(22(18)16-20)13-8-14-27(5,6)7;/h9-12,15-17H,8,13-14H2,1-7H3;1H4/q+2;. The molecule has 1 aromatic heterocycles. The van der Waals surface area contributed by atoms with Crippen LogP contribution in [-0.2, 0) is 6.54 Å². The van der Waals surface area contributed by atoms with Crippen molar-refractivity contribution in [3.05, 3.63) is 42.5 Å². The summed E-state index contributed by atoms with van der Waals surface area (Å²) in [7, 11) is 15.2. The fourth-order valence-electron chi connectivity index (χ4n) is 3.57. The van der Waals surface area contributed by atoms with Crippen LogP contribution in [0.2, 0.25) is 0 Å². The summed E-state index contributed by atoms with van der Waals surface area (Å²) in [4.78, 5) is 4.35. The van der Waals surface area contributed by atoms with Crippen LogP contribution in [0.25, 0.3) is 21.8 Å². The van der Waals surface area contributed by atoms with Crippen molar-refractivity contribution in [3.63, 3.8) is 0 Å². The minimum absolute atomic E-state index is 0. The monoisotopic (exact) mass is 382 g/mol. The van der Waals surface area contributed by atoms with Gasteiger partial charge in [0.25, 0.3) is 0 Å². The molecular formula is C24H38N4+2. The average molecular weight is 383 g/mol. The maximum absolute atomic E-state index is 2.51. The Kier molecular flexibility index (Phi) is 6.56. The van der Waals surface area contributed by atoms with Crippen LogP contribution in [0.1, 0.15) is 13.8 Å². The molecule has 0 saturated carbocycles. The summed E-state index contributed by atoms with van der Waals surface area (Å²) < 4.78 is 3.51. The summed E-state index contributed by atoms with van der Waals surface area (Å²) in [5.74, 6) is 0. The van der Waals surface area contributed by atoms with Gasteiger partial charge in [0.05, 0.1) is 34.1 Å². The number of hydrogen-bond donors (Lipinski definition) is 0. The van der Waals surface area contributed by atoms with E-state index in [9.17, 15) is 0 Å². The van der Waals surface area contributed by atoms with Crippen molar-refractivity contribution in [2.75, 3.05) is 65.7 Å². The highest BCUT2D eigenvalue weighted by Crippen LogP contribution is 2.25. The van der Waals surface area contributed by atoms with E-state index in [0.717, 1.165) is 24.0 Å². The first kappa shape index (κ1) is 22.0. The summed E-state index contributed by atoms with van der Waals surface area (Å²) in [6.45, 7) is 2.18. The van der Waals surface area contributed by atoms with Gasteiger partial charge in [-0.1, -0.05) is 7.43 Å². The van der Waals surface area contributed by atoms with E-state index in [1.165, 1.54) is 33.2 Å². The number of hydrogen-bond acceptors (Lipinski definition) is 2. The molecule has 0 aliphatic carbocycles. The number of benzene rings is 2. The van der Waals surface area contributed by atoms with Crippen LogP contribution in [0, 0.1) is 0 Å². The maximum atomic E-state index is 2.51. The molecular weight excluding hydrogens is 344 g/mol. The van der Waals surface area contributed by atoms with Crippen LogP contribution in [-0.4, -0.2) is 60.4 Å². The predicted molar refractivity (Wildman–Crippen MR) is 125 cm³/mol. The highest BCUT2D eigenvalue weighted by Gasteiger charge is 2.18. The summed E-state index contributed by atoms with van der Waals surface area (Å²) >= 11 is 0. The second-order valence-electron chi connectivity index (χ2n) is 8.94. The normalized spacial score (nSPS) is 11.5. The molecule has 0 spiro atoms. The van der Waals surface area contributed by atoms with E-state index in [2.05, 4.69) is 106 Å². The van der Waals surface area contributed by atoms with E-state index in [4.69, 9.17) is 0 Å². The summed E-state index contributed by atoms with van der Waals surface area (Å²) in [6.07, 6.45) is 1.15. The van der Waals surface area contributed by atoms with E-state index >= 15 is 0 Å². The lowest BCUT2D eigenvalue weighted by atomic mass is 10.1. The number of nitrogens with zero attached hydrogens (tertiary/aromatic N) is 4. The predicted octanol–water partition coefficient (Wildman–Crippen LogP) is 4.14. The lowest BCUT2D eigenvalue weighted by Gasteiger charge is -2.23. The Hall–Kier alpha value is -2.33. The smallest absolute Gasteiger partial charge is 0.215 e. The number of quaternary nitrogens is 1. The van der Waals surface area contributed by atoms with Gasteiger partial charge >= 0.3 is 0 Å². The lowest BCUT2D eigenvalue weighted by Crippen LogP contribution is -2.41. The first-order valence-electron chi connectivity index (χ1n) is 9.71. The Bertz CT molecular complexity index is 886. The van der Waals surface area contributed by atoms with Crippen molar-refractivity contribution in [3.8, 4) is 0 Å². The molecule has 0 amide bonds. The summed E-state index contributed by atoms with van der Waals surface area (Å²) in [5, 5.41) is 2.60. The van der Waals surface area contributed by atoms with Crippen molar-refractivity contribution in [2.24, 2.45) is 0 Å². The Morgan fingerprint density at radius 1 is 0.750 bits per heavy atom. The zero-order valence-corrected chi connectivity index (χ0v) is 18.0. The molecule has 0 aliphatic heterocycles. The molecule has 0 radical (unpaired) electrons. The molecule has 28 heavy (non-hydrogen) atoms. The van der Waals surface area contributed by atoms with Crippen LogP contribution in [0.5, 0.6) is 0 Å². The summed E-state index contributed by atoms with van der Waals surface area (Å²) in [6, 6.07) is 15.9. The topological polar surface area (TPSA) is 10.4 Å². The van der Waals surface area contributed by atoms with Gasteiger partial charge in [-0.2, -0.15) is 4.57 Å². The fourth-order valence-corrected chi connectivity index (χ4v) is 3.57. The lowest BCUT2D eigenvalue weighted by molar-refractivity contribution is -0.872. The van der Waals surface area contributed by atoms with Crippen molar-refractivity contribution >= 4 is 33.2 Å². The zero-order valence-electron chi connectivity index (χ0n) is 18.0. The summed E-state index contributed by atoms with van der Waals surface area (Å²) in [5.41, 5.74) is 5.11. The third-order valence-corrected chi connectivity index (χ3v) is 5.16. The van der Waals surface area contributed by atoms with Crippen LogP contribution >= 0.6 is 0 Å². The fraction of sp³-hybridized carbons (Fsp3) is 0.458.